The molecule has 0 atom stereocenters. The summed E-state index contributed by atoms with van der Waals surface area (Å²) in [7, 11) is 1.34. The second-order valence-electron chi connectivity index (χ2n) is 5.55. The van der Waals surface area contributed by atoms with Crippen LogP contribution in [0.4, 0.5) is 0 Å². The van der Waals surface area contributed by atoms with Crippen molar-refractivity contribution in [2.24, 2.45) is 7.05 Å². The maximum atomic E-state index is 12.8. The highest BCUT2D eigenvalue weighted by molar-refractivity contribution is 7.52. The lowest BCUT2D eigenvalue weighted by Gasteiger charge is -2.22. The third-order valence-electron chi connectivity index (χ3n) is 3.95. The zero-order chi connectivity index (χ0) is 16.5. The highest BCUT2D eigenvalue weighted by atomic mass is 31.2. The van der Waals surface area contributed by atoms with Gasteiger partial charge in [0.1, 0.15) is 0 Å². The van der Waals surface area contributed by atoms with Gasteiger partial charge in [-0.1, -0.05) is 26.0 Å². The number of fused-ring (bicyclic) bond motifs is 1. The molecule has 0 N–H and O–H groups in total. The van der Waals surface area contributed by atoms with E-state index in [2.05, 4.69) is 0 Å². The molecule has 0 unspecified atom stereocenters. The van der Waals surface area contributed by atoms with E-state index in [1.807, 2.05) is 49.7 Å². The lowest BCUT2D eigenvalue weighted by Crippen LogP contribution is -2.21. The van der Waals surface area contributed by atoms with Crippen LogP contribution in [0.2, 0.25) is 0 Å². The van der Waals surface area contributed by atoms with Crippen LogP contribution in [0.1, 0.15) is 31.0 Å². The Morgan fingerprint density at radius 2 is 1.77 bits per heavy atom. The van der Waals surface area contributed by atoms with Crippen molar-refractivity contribution in [1.29, 1.82) is 0 Å². The smallest absolute Gasteiger partial charge is 0.336 e. The number of pyridine rings is 1. The first kappa shape index (κ1) is 16.9. The summed E-state index contributed by atoms with van der Waals surface area (Å²) >= 11 is 0. The molecule has 0 spiro atoms. The second kappa shape index (κ2) is 6.37. The van der Waals surface area contributed by atoms with Gasteiger partial charge < -0.3 is 13.6 Å². The SMILES string of the molecule is COP(=O)(Cc1c(C(C)C)c(=O)c2ccccc2n1C)OC. The predicted molar refractivity (Wildman–Crippen MR) is 88.6 cm³/mol. The number of benzene rings is 1. The first-order valence-electron chi connectivity index (χ1n) is 7.15. The van der Waals surface area contributed by atoms with Gasteiger partial charge >= 0.3 is 7.60 Å². The number of hydrogen-bond acceptors (Lipinski definition) is 4. The van der Waals surface area contributed by atoms with E-state index in [1.54, 1.807) is 0 Å². The molecule has 0 fully saturated rings. The number of nitrogens with zero attached hydrogens (tertiary/aromatic N) is 1. The van der Waals surface area contributed by atoms with Gasteiger partial charge in [0.15, 0.2) is 5.43 Å². The summed E-state index contributed by atoms with van der Waals surface area (Å²) in [6, 6.07) is 7.43. The highest BCUT2D eigenvalue weighted by Crippen LogP contribution is 2.50. The molecule has 0 saturated heterocycles. The minimum absolute atomic E-state index is 0.0143. The van der Waals surface area contributed by atoms with E-state index in [0.29, 0.717) is 16.6 Å². The largest absolute Gasteiger partial charge is 0.347 e. The zero-order valence-corrected chi connectivity index (χ0v) is 14.5. The van der Waals surface area contributed by atoms with Crippen molar-refractivity contribution in [3.63, 3.8) is 0 Å². The molecule has 22 heavy (non-hydrogen) atoms. The molecule has 120 valence electrons. The summed E-state index contributed by atoms with van der Waals surface area (Å²) in [5.74, 6) is 0.0143. The Morgan fingerprint density at radius 3 is 2.32 bits per heavy atom. The number of para-hydroxylation sites is 1. The van der Waals surface area contributed by atoms with E-state index in [1.165, 1.54) is 14.2 Å². The summed E-state index contributed by atoms with van der Waals surface area (Å²) in [5.41, 5.74) is 2.16. The van der Waals surface area contributed by atoms with Gasteiger partial charge in [-0.25, -0.2) is 0 Å². The van der Waals surface area contributed by atoms with Crippen LogP contribution < -0.4 is 5.43 Å². The van der Waals surface area contributed by atoms with Gasteiger partial charge in [-0.05, 0) is 18.1 Å². The van der Waals surface area contributed by atoms with Crippen molar-refractivity contribution in [2.75, 3.05) is 14.2 Å². The fourth-order valence-electron chi connectivity index (χ4n) is 2.73. The summed E-state index contributed by atoms with van der Waals surface area (Å²) in [6.45, 7) is 3.92. The van der Waals surface area contributed by atoms with Gasteiger partial charge in [-0.15, -0.1) is 0 Å². The molecule has 0 aliphatic heterocycles. The third-order valence-corrected chi connectivity index (χ3v) is 5.75. The van der Waals surface area contributed by atoms with Crippen LogP contribution in [0.5, 0.6) is 0 Å². The van der Waals surface area contributed by atoms with E-state index in [9.17, 15) is 9.36 Å². The molecule has 0 amide bonds. The number of rotatable bonds is 5. The van der Waals surface area contributed by atoms with Crippen molar-refractivity contribution >= 4 is 18.5 Å². The summed E-state index contributed by atoms with van der Waals surface area (Å²) in [6.07, 6.45) is 0.0735. The number of aryl methyl sites for hydroxylation is 1. The quantitative estimate of drug-likeness (QED) is 0.788. The van der Waals surface area contributed by atoms with Crippen LogP contribution in [0.15, 0.2) is 29.1 Å². The Morgan fingerprint density at radius 1 is 1.18 bits per heavy atom. The molecule has 5 nitrogen and oxygen atoms in total. The van der Waals surface area contributed by atoms with Crippen molar-refractivity contribution in [1.82, 2.24) is 4.57 Å². The summed E-state index contributed by atoms with van der Waals surface area (Å²) in [4.78, 5) is 12.8. The van der Waals surface area contributed by atoms with Crippen LogP contribution in [-0.2, 0) is 26.8 Å². The molecular weight excluding hydrogens is 301 g/mol. The standard InChI is InChI=1S/C16H22NO4P/c1-11(2)15-14(10-22(19,20-4)21-5)17(3)13-9-7-6-8-12(13)16(15)18/h6-9,11H,10H2,1-5H3. The van der Waals surface area contributed by atoms with Crippen molar-refractivity contribution in [3.05, 3.63) is 45.7 Å². The molecule has 1 heterocycles. The molecule has 0 aliphatic carbocycles. The normalized spacial score (nSPS) is 12.3. The Kier molecular flexibility index (Phi) is 4.90. The molecule has 1 aromatic carbocycles. The van der Waals surface area contributed by atoms with E-state index in [4.69, 9.17) is 9.05 Å². The first-order valence-corrected chi connectivity index (χ1v) is 8.88. The number of hydrogen-bond donors (Lipinski definition) is 0. The second-order valence-corrected chi connectivity index (χ2v) is 7.82. The molecule has 2 aromatic rings. The topological polar surface area (TPSA) is 57.5 Å². The van der Waals surface area contributed by atoms with Crippen molar-refractivity contribution < 1.29 is 13.6 Å². The van der Waals surface area contributed by atoms with Crippen molar-refractivity contribution in [2.45, 2.75) is 25.9 Å². The molecule has 0 radical (unpaired) electrons. The minimum Gasteiger partial charge on any atom is -0.347 e. The predicted octanol–water partition coefficient (Wildman–Crippen LogP) is 3.65. The molecular formula is C16H22NO4P. The van der Waals surface area contributed by atoms with Gasteiger partial charge in [0.25, 0.3) is 0 Å². The van der Waals surface area contributed by atoms with Crippen molar-refractivity contribution in [3.8, 4) is 0 Å². The molecule has 0 aliphatic rings. The summed E-state index contributed by atoms with van der Waals surface area (Å²) < 4.78 is 24.5. The molecule has 2 rings (SSSR count). The maximum Gasteiger partial charge on any atom is 0.336 e. The zero-order valence-electron chi connectivity index (χ0n) is 13.6. The lowest BCUT2D eigenvalue weighted by molar-refractivity contribution is 0.274. The maximum absolute atomic E-state index is 12.8. The molecule has 0 bridgehead atoms. The first-order chi connectivity index (χ1) is 10.3. The van der Waals surface area contributed by atoms with Crippen LogP contribution in [0.3, 0.4) is 0 Å². The fraction of sp³-hybridized carbons (Fsp3) is 0.438. The molecule has 0 saturated carbocycles. The van der Waals surface area contributed by atoms with Gasteiger partial charge in [0.05, 0.1) is 11.7 Å². The Labute approximate surface area is 130 Å². The number of aromatic nitrogens is 1. The van der Waals surface area contributed by atoms with Gasteiger partial charge in [0.2, 0.25) is 0 Å². The van der Waals surface area contributed by atoms with Crippen LogP contribution in [0, 0.1) is 0 Å². The monoisotopic (exact) mass is 323 g/mol. The summed E-state index contributed by atoms with van der Waals surface area (Å²) in [5, 5.41) is 0.669. The average molecular weight is 323 g/mol. The van der Waals surface area contributed by atoms with E-state index < -0.39 is 7.60 Å². The molecule has 1 aromatic heterocycles. The van der Waals surface area contributed by atoms with E-state index in [-0.39, 0.29) is 17.5 Å². The Balaban J connectivity index is 2.82. The highest BCUT2D eigenvalue weighted by Gasteiger charge is 2.27. The van der Waals surface area contributed by atoms with Crippen LogP contribution in [-0.4, -0.2) is 18.8 Å². The van der Waals surface area contributed by atoms with Gasteiger partial charge in [-0.2, -0.15) is 0 Å². The van der Waals surface area contributed by atoms with E-state index in [0.717, 1.165) is 5.52 Å². The molecule has 6 heteroatoms. The van der Waals surface area contributed by atoms with Crippen LogP contribution >= 0.6 is 7.60 Å². The van der Waals surface area contributed by atoms with E-state index >= 15 is 0 Å². The van der Waals surface area contributed by atoms with Crippen LogP contribution in [0.25, 0.3) is 10.9 Å². The third kappa shape index (κ3) is 2.89. The Bertz CT molecular complexity index is 787. The van der Waals surface area contributed by atoms with Gasteiger partial charge in [0, 0.05) is 37.9 Å². The van der Waals surface area contributed by atoms with Gasteiger partial charge in [-0.3, -0.25) is 9.36 Å². The lowest BCUT2D eigenvalue weighted by atomic mass is 9.98. The minimum atomic E-state index is -3.25. The fourth-order valence-corrected chi connectivity index (χ4v) is 3.89. The average Bonchev–Trinajstić information content (AvgIpc) is 2.52. The Hall–Kier alpha value is -1.42.